The fraction of sp³-hybridized carbons (Fsp3) is 0.545. The maximum Gasteiger partial charge on any atom is 0.127 e. The number of amidine groups is 1. The molecule has 1 unspecified atom stereocenters. The predicted octanol–water partition coefficient (Wildman–Crippen LogP) is 2.59. The molecule has 0 fully saturated rings. The number of nitrogens with zero attached hydrogens (tertiary/aromatic N) is 2. The molecule has 13 heavy (non-hydrogen) atoms. The van der Waals surface area contributed by atoms with Gasteiger partial charge in [0.15, 0.2) is 0 Å². The minimum Gasteiger partial charge on any atom is -0.331 e. The van der Waals surface area contributed by atoms with Crippen LogP contribution in [0, 0.1) is 0 Å². The van der Waals surface area contributed by atoms with Gasteiger partial charge >= 0.3 is 0 Å². The Kier molecular flexibility index (Phi) is 3.29. The number of rotatable bonds is 0. The van der Waals surface area contributed by atoms with Crippen LogP contribution < -0.4 is 0 Å². The summed E-state index contributed by atoms with van der Waals surface area (Å²) in [5.74, 6) is 1.11. The molecule has 0 saturated carbocycles. The molecule has 2 rings (SSSR count). The highest BCUT2D eigenvalue weighted by Crippen LogP contribution is 2.16. The van der Waals surface area contributed by atoms with Gasteiger partial charge in [-0.15, -0.1) is 0 Å². The van der Waals surface area contributed by atoms with Gasteiger partial charge in [-0.2, -0.15) is 0 Å². The summed E-state index contributed by atoms with van der Waals surface area (Å²) in [6.07, 6.45) is 6.34. The Bertz CT molecular complexity index is 261. The molecule has 0 aromatic carbocycles. The van der Waals surface area contributed by atoms with Gasteiger partial charge in [-0.25, -0.2) is 0 Å². The van der Waals surface area contributed by atoms with Gasteiger partial charge in [-0.3, -0.25) is 4.99 Å². The Morgan fingerprint density at radius 3 is 2.77 bits per heavy atom. The first-order chi connectivity index (χ1) is 6.25. The third-order valence-electron chi connectivity index (χ3n) is 1.96. The first-order valence-electron chi connectivity index (χ1n) is 4.96. The molecule has 0 aromatic rings. The third kappa shape index (κ3) is 2.20. The van der Waals surface area contributed by atoms with Gasteiger partial charge in [0.2, 0.25) is 0 Å². The second kappa shape index (κ2) is 4.26. The molecule has 2 aliphatic heterocycles. The van der Waals surface area contributed by atoms with E-state index in [1.165, 1.54) is 5.57 Å². The van der Waals surface area contributed by atoms with E-state index in [0.717, 1.165) is 12.4 Å². The van der Waals surface area contributed by atoms with Crippen LogP contribution >= 0.6 is 0 Å². The first-order valence-corrected chi connectivity index (χ1v) is 4.96. The Morgan fingerprint density at radius 2 is 2.08 bits per heavy atom. The van der Waals surface area contributed by atoms with Gasteiger partial charge in [0.05, 0.1) is 6.04 Å². The van der Waals surface area contributed by atoms with E-state index < -0.39 is 0 Å². The molecule has 2 nitrogen and oxygen atoms in total. The Balaban J connectivity index is 0.000000396. The first kappa shape index (κ1) is 10.0. The molecule has 0 aliphatic carbocycles. The topological polar surface area (TPSA) is 15.6 Å². The van der Waals surface area contributed by atoms with Crippen LogP contribution in [0.5, 0.6) is 0 Å². The molecule has 0 bridgehead atoms. The van der Waals surface area contributed by atoms with Gasteiger partial charge < -0.3 is 4.90 Å². The molecule has 2 heteroatoms. The van der Waals surface area contributed by atoms with Gasteiger partial charge in [-0.1, -0.05) is 19.9 Å². The van der Waals surface area contributed by atoms with Gasteiger partial charge in [0.25, 0.3) is 0 Å². The zero-order valence-electron chi connectivity index (χ0n) is 8.91. The van der Waals surface area contributed by atoms with Crippen LogP contribution in [0.25, 0.3) is 0 Å². The van der Waals surface area contributed by atoms with Crippen molar-refractivity contribution < 1.29 is 0 Å². The molecule has 0 aromatic heterocycles. The molecule has 0 radical (unpaired) electrons. The molecule has 0 N–H and O–H groups in total. The molecular formula is C11H18N2. The second-order valence-electron chi connectivity index (χ2n) is 3.20. The number of hydrogen-bond donors (Lipinski definition) is 0. The molecule has 2 aliphatic rings. The highest BCUT2D eigenvalue weighted by atomic mass is 15.2. The van der Waals surface area contributed by atoms with Crippen molar-refractivity contribution in [2.45, 2.75) is 33.7 Å². The van der Waals surface area contributed by atoms with Gasteiger partial charge in [-0.05, 0) is 25.5 Å². The summed E-state index contributed by atoms with van der Waals surface area (Å²) in [5.41, 5.74) is 1.30. The van der Waals surface area contributed by atoms with E-state index in [9.17, 15) is 0 Å². The molecule has 72 valence electrons. The van der Waals surface area contributed by atoms with E-state index in [0.29, 0.717) is 6.04 Å². The van der Waals surface area contributed by atoms with Crippen molar-refractivity contribution in [2.24, 2.45) is 4.99 Å². The zero-order valence-corrected chi connectivity index (χ0v) is 8.91. The lowest BCUT2D eigenvalue weighted by atomic mass is 10.2. The standard InChI is InChI=1S/C9H12N2.C2H6/c1-7-3-4-9-10-8(2)6-11(9)5-7;1-2/h3-5,8H,6H2,1-2H3;1-2H3. The normalized spacial score (nSPS) is 24.3. The highest BCUT2D eigenvalue weighted by Gasteiger charge is 2.19. The van der Waals surface area contributed by atoms with Gasteiger partial charge in [0, 0.05) is 12.7 Å². The van der Waals surface area contributed by atoms with E-state index in [1.807, 2.05) is 13.8 Å². The largest absolute Gasteiger partial charge is 0.331 e. The van der Waals surface area contributed by atoms with E-state index >= 15 is 0 Å². The van der Waals surface area contributed by atoms with E-state index in [1.54, 1.807) is 0 Å². The molecule has 0 spiro atoms. The molecular weight excluding hydrogens is 160 g/mol. The smallest absolute Gasteiger partial charge is 0.127 e. The summed E-state index contributed by atoms with van der Waals surface area (Å²) >= 11 is 0. The zero-order chi connectivity index (χ0) is 9.84. The minimum absolute atomic E-state index is 0.455. The number of allylic oxidation sites excluding steroid dienone is 2. The maximum atomic E-state index is 4.46. The predicted molar refractivity (Wildman–Crippen MR) is 57.8 cm³/mol. The Labute approximate surface area is 80.7 Å². The maximum absolute atomic E-state index is 4.46. The summed E-state index contributed by atoms with van der Waals surface area (Å²) < 4.78 is 0. The summed E-state index contributed by atoms with van der Waals surface area (Å²) in [5, 5.41) is 0. The lowest BCUT2D eigenvalue weighted by molar-refractivity contribution is 0.554. The van der Waals surface area contributed by atoms with Crippen molar-refractivity contribution in [3.63, 3.8) is 0 Å². The van der Waals surface area contributed by atoms with Crippen LogP contribution in [0.15, 0.2) is 28.9 Å². The summed E-state index contributed by atoms with van der Waals surface area (Å²) in [4.78, 5) is 6.66. The van der Waals surface area contributed by atoms with Crippen LogP contribution in [-0.4, -0.2) is 23.3 Å². The number of aliphatic imine (C=N–C) groups is 1. The van der Waals surface area contributed by atoms with Crippen molar-refractivity contribution >= 4 is 5.84 Å². The van der Waals surface area contributed by atoms with Crippen LogP contribution in [0.4, 0.5) is 0 Å². The van der Waals surface area contributed by atoms with E-state index in [2.05, 4.69) is 42.1 Å². The SMILES string of the molecule is CC.CC1=CN2CC(C)N=C2C=C1. The summed E-state index contributed by atoms with van der Waals surface area (Å²) in [7, 11) is 0. The van der Waals surface area contributed by atoms with Crippen LogP contribution in [0.2, 0.25) is 0 Å². The van der Waals surface area contributed by atoms with Crippen molar-refractivity contribution in [2.75, 3.05) is 6.54 Å². The average molecular weight is 178 g/mol. The van der Waals surface area contributed by atoms with Crippen molar-refractivity contribution in [3.05, 3.63) is 23.9 Å². The number of fused-ring (bicyclic) bond motifs is 1. The highest BCUT2D eigenvalue weighted by molar-refractivity contribution is 5.96. The molecule has 0 saturated heterocycles. The average Bonchev–Trinajstić information content (AvgIpc) is 2.48. The third-order valence-corrected chi connectivity index (χ3v) is 1.96. The summed E-state index contributed by atoms with van der Waals surface area (Å²) in [6, 6.07) is 0.455. The fourth-order valence-corrected chi connectivity index (χ4v) is 1.47. The van der Waals surface area contributed by atoms with E-state index in [4.69, 9.17) is 0 Å². The van der Waals surface area contributed by atoms with Crippen molar-refractivity contribution in [3.8, 4) is 0 Å². The Morgan fingerprint density at radius 1 is 1.38 bits per heavy atom. The second-order valence-corrected chi connectivity index (χ2v) is 3.20. The van der Waals surface area contributed by atoms with Crippen molar-refractivity contribution in [1.82, 2.24) is 4.90 Å². The quantitative estimate of drug-likeness (QED) is 0.556. The Hall–Kier alpha value is -1.05. The minimum atomic E-state index is 0.455. The van der Waals surface area contributed by atoms with Crippen LogP contribution in [-0.2, 0) is 0 Å². The lowest BCUT2D eigenvalue weighted by Gasteiger charge is -2.17. The van der Waals surface area contributed by atoms with Gasteiger partial charge in [0.1, 0.15) is 5.84 Å². The van der Waals surface area contributed by atoms with Crippen LogP contribution in [0.3, 0.4) is 0 Å². The molecule has 0 amide bonds. The fourth-order valence-electron chi connectivity index (χ4n) is 1.47. The van der Waals surface area contributed by atoms with Crippen LogP contribution in [0.1, 0.15) is 27.7 Å². The molecule has 2 heterocycles. The monoisotopic (exact) mass is 178 g/mol. The van der Waals surface area contributed by atoms with E-state index in [-0.39, 0.29) is 0 Å². The number of hydrogen-bond acceptors (Lipinski definition) is 2. The molecule has 1 atom stereocenters. The van der Waals surface area contributed by atoms with Crippen molar-refractivity contribution in [1.29, 1.82) is 0 Å². The lowest BCUT2D eigenvalue weighted by Crippen LogP contribution is -2.23. The summed E-state index contributed by atoms with van der Waals surface area (Å²) in [6.45, 7) is 9.29.